The van der Waals surface area contributed by atoms with E-state index in [4.69, 9.17) is 9.47 Å². The molecule has 0 unspecified atom stereocenters. The molecule has 0 radical (unpaired) electrons. The molecule has 0 bridgehead atoms. The number of nitrogens with zero attached hydrogens (tertiary/aromatic N) is 6. The highest BCUT2D eigenvalue weighted by Crippen LogP contribution is 2.39. The maximum Gasteiger partial charge on any atom is 0.198 e. The molecule has 1 aliphatic heterocycles. The summed E-state index contributed by atoms with van der Waals surface area (Å²) in [6, 6.07) is 12.0. The zero-order valence-electron chi connectivity index (χ0n) is 19.9. The van der Waals surface area contributed by atoms with Crippen molar-refractivity contribution in [2.24, 2.45) is 0 Å². The molecule has 2 heterocycles. The Hall–Kier alpha value is -3.02. The molecular formula is C23H30N6O4S. The Labute approximate surface area is 200 Å². The highest BCUT2D eigenvalue weighted by atomic mass is 32.2. The highest BCUT2D eigenvalue weighted by molar-refractivity contribution is 7.90. The number of likely N-dealkylation sites (N-methyl/N-ethyl adjacent to an activating group) is 1. The van der Waals surface area contributed by atoms with Gasteiger partial charge < -0.3 is 14.4 Å². The molecule has 2 aromatic carbocycles. The summed E-state index contributed by atoms with van der Waals surface area (Å²) < 4.78 is 39.0. The van der Waals surface area contributed by atoms with Crippen molar-refractivity contribution in [2.75, 3.05) is 47.4 Å². The Morgan fingerprint density at radius 2 is 1.71 bits per heavy atom. The Kier molecular flexibility index (Phi) is 7.15. The van der Waals surface area contributed by atoms with E-state index in [1.54, 1.807) is 38.5 Å². The van der Waals surface area contributed by atoms with E-state index >= 15 is 0 Å². The van der Waals surface area contributed by atoms with Crippen LogP contribution in [0.4, 0.5) is 0 Å². The van der Waals surface area contributed by atoms with E-state index in [2.05, 4.69) is 32.4 Å². The first kappa shape index (κ1) is 24.1. The molecule has 1 fully saturated rings. The van der Waals surface area contributed by atoms with Gasteiger partial charge in [0.2, 0.25) is 0 Å². The standard InChI is InChI=1S/C23H30N6O4S/c1-17-8-10-18(11-9-17)34(30,31)16-29-23(24-25-26-29)21(28-14-12-27(2)13-15-28)19-6-5-7-20(32-3)22(19)33-4/h5-11,21H,12-16H2,1-4H3/t21-/m1/s1. The fourth-order valence-corrected chi connectivity index (χ4v) is 5.39. The molecule has 34 heavy (non-hydrogen) atoms. The van der Waals surface area contributed by atoms with Crippen LogP contribution in [0.5, 0.6) is 11.5 Å². The van der Waals surface area contributed by atoms with Crippen LogP contribution in [0.2, 0.25) is 0 Å². The maximum atomic E-state index is 13.2. The van der Waals surface area contributed by atoms with E-state index in [1.165, 1.54) is 4.68 Å². The van der Waals surface area contributed by atoms with Crippen molar-refractivity contribution in [3.8, 4) is 11.5 Å². The van der Waals surface area contributed by atoms with E-state index < -0.39 is 15.9 Å². The summed E-state index contributed by atoms with van der Waals surface area (Å²) in [6.45, 7) is 5.17. The summed E-state index contributed by atoms with van der Waals surface area (Å²) in [6.07, 6.45) is 0. The summed E-state index contributed by atoms with van der Waals surface area (Å²) in [5, 5.41) is 12.2. The summed E-state index contributed by atoms with van der Waals surface area (Å²) in [7, 11) is 1.59. The molecule has 0 saturated carbocycles. The van der Waals surface area contributed by atoms with Crippen LogP contribution in [0, 0.1) is 6.92 Å². The lowest BCUT2D eigenvalue weighted by atomic mass is 10.0. The summed E-state index contributed by atoms with van der Waals surface area (Å²) >= 11 is 0. The summed E-state index contributed by atoms with van der Waals surface area (Å²) in [5.41, 5.74) is 1.80. The number of ether oxygens (including phenoxy) is 2. The summed E-state index contributed by atoms with van der Waals surface area (Å²) in [5.74, 6) is 1.23. The molecular weight excluding hydrogens is 456 g/mol. The van der Waals surface area contributed by atoms with E-state index in [9.17, 15) is 8.42 Å². The Morgan fingerprint density at radius 1 is 1.00 bits per heavy atom. The van der Waals surface area contributed by atoms with Gasteiger partial charge in [0.25, 0.3) is 0 Å². The molecule has 10 nitrogen and oxygen atoms in total. The van der Waals surface area contributed by atoms with Gasteiger partial charge in [0.15, 0.2) is 33.0 Å². The van der Waals surface area contributed by atoms with Gasteiger partial charge in [-0.3, -0.25) is 4.90 Å². The van der Waals surface area contributed by atoms with Crippen molar-refractivity contribution in [3.05, 3.63) is 59.4 Å². The van der Waals surface area contributed by atoms with Crippen LogP contribution in [0.25, 0.3) is 0 Å². The van der Waals surface area contributed by atoms with Gasteiger partial charge in [-0.2, -0.15) is 0 Å². The third kappa shape index (κ3) is 4.91. The third-order valence-electron chi connectivity index (χ3n) is 6.11. The normalized spacial score (nSPS) is 16.4. The zero-order valence-corrected chi connectivity index (χ0v) is 20.7. The number of aromatic nitrogens is 4. The van der Waals surface area contributed by atoms with Crippen LogP contribution in [0.3, 0.4) is 0 Å². The number of aryl methyl sites for hydroxylation is 1. The van der Waals surface area contributed by atoms with Crippen molar-refractivity contribution >= 4 is 9.84 Å². The second kappa shape index (κ2) is 10.1. The predicted molar refractivity (Wildman–Crippen MR) is 127 cm³/mol. The van der Waals surface area contributed by atoms with Crippen LogP contribution in [-0.2, 0) is 15.7 Å². The quantitative estimate of drug-likeness (QED) is 0.471. The predicted octanol–water partition coefficient (Wildman–Crippen LogP) is 1.77. The molecule has 1 saturated heterocycles. The summed E-state index contributed by atoms with van der Waals surface area (Å²) in [4.78, 5) is 4.73. The average Bonchev–Trinajstić information content (AvgIpc) is 3.27. The van der Waals surface area contributed by atoms with Crippen LogP contribution in [0.15, 0.2) is 47.4 Å². The Morgan fingerprint density at radius 3 is 2.35 bits per heavy atom. The SMILES string of the molecule is COc1cccc([C@H](c2nnnn2CS(=O)(=O)c2ccc(C)cc2)N2CCN(C)CC2)c1OC. The number of tetrazole rings is 1. The minimum atomic E-state index is -3.67. The molecule has 0 N–H and O–H groups in total. The first-order valence-corrected chi connectivity index (χ1v) is 12.7. The van der Waals surface area contributed by atoms with Crippen LogP contribution in [0.1, 0.15) is 23.0 Å². The van der Waals surface area contributed by atoms with Crippen molar-refractivity contribution < 1.29 is 17.9 Å². The van der Waals surface area contributed by atoms with Crippen molar-refractivity contribution in [1.29, 1.82) is 0 Å². The van der Waals surface area contributed by atoms with E-state index in [0.29, 0.717) is 17.3 Å². The highest BCUT2D eigenvalue weighted by Gasteiger charge is 2.34. The second-order valence-corrected chi connectivity index (χ2v) is 10.4. The van der Waals surface area contributed by atoms with Gasteiger partial charge >= 0.3 is 0 Å². The van der Waals surface area contributed by atoms with Gasteiger partial charge in [-0.15, -0.1) is 5.10 Å². The van der Waals surface area contributed by atoms with E-state index in [-0.39, 0.29) is 10.8 Å². The smallest absolute Gasteiger partial charge is 0.198 e. The Bertz CT molecular complexity index is 1220. The lowest BCUT2D eigenvalue weighted by Gasteiger charge is -2.37. The zero-order chi connectivity index (χ0) is 24.3. The van der Waals surface area contributed by atoms with E-state index in [0.717, 1.165) is 37.3 Å². The Balaban J connectivity index is 1.77. The fraction of sp³-hybridized carbons (Fsp3) is 0.435. The number of rotatable bonds is 8. The third-order valence-corrected chi connectivity index (χ3v) is 7.68. The molecule has 4 rings (SSSR count). The number of sulfone groups is 1. The van der Waals surface area contributed by atoms with Gasteiger partial charge in [-0.25, -0.2) is 13.1 Å². The number of hydrogen-bond donors (Lipinski definition) is 0. The fourth-order valence-electron chi connectivity index (χ4n) is 4.19. The minimum absolute atomic E-state index is 0.231. The van der Waals surface area contributed by atoms with E-state index in [1.807, 2.05) is 25.1 Å². The molecule has 0 spiro atoms. The molecule has 182 valence electrons. The number of benzene rings is 2. The molecule has 1 aromatic heterocycles. The van der Waals surface area contributed by atoms with Gasteiger partial charge in [0, 0.05) is 31.7 Å². The lowest BCUT2D eigenvalue weighted by Crippen LogP contribution is -2.47. The molecule has 1 atom stereocenters. The topological polar surface area (TPSA) is 103 Å². The molecule has 0 aliphatic carbocycles. The number of hydrogen-bond acceptors (Lipinski definition) is 9. The molecule has 1 aliphatic rings. The van der Waals surface area contributed by atoms with Crippen LogP contribution < -0.4 is 9.47 Å². The first-order chi connectivity index (χ1) is 16.3. The van der Waals surface area contributed by atoms with Crippen molar-refractivity contribution in [3.63, 3.8) is 0 Å². The van der Waals surface area contributed by atoms with Gasteiger partial charge in [-0.05, 0) is 42.6 Å². The average molecular weight is 487 g/mol. The van der Waals surface area contributed by atoms with Gasteiger partial charge in [0.05, 0.1) is 19.1 Å². The van der Waals surface area contributed by atoms with Crippen LogP contribution >= 0.6 is 0 Å². The lowest BCUT2D eigenvalue weighted by molar-refractivity contribution is 0.120. The van der Waals surface area contributed by atoms with Gasteiger partial charge in [0.1, 0.15) is 6.04 Å². The molecule has 3 aromatic rings. The largest absolute Gasteiger partial charge is 0.493 e. The maximum absolute atomic E-state index is 13.2. The number of para-hydroxylation sites is 1. The second-order valence-electron chi connectivity index (χ2n) is 8.42. The van der Waals surface area contributed by atoms with Crippen molar-refractivity contribution in [2.45, 2.75) is 23.7 Å². The monoisotopic (exact) mass is 486 g/mol. The number of piperazine rings is 1. The van der Waals surface area contributed by atoms with Gasteiger partial charge in [-0.1, -0.05) is 29.8 Å². The molecule has 0 amide bonds. The van der Waals surface area contributed by atoms with Crippen molar-refractivity contribution in [1.82, 2.24) is 30.0 Å². The minimum Gasteiger partial charge on any atom is -0.493 e. The van der Waals surface area contributed by atoms with Crippen LogP contribution in [-0.4, -0.2) is 85.9 Å². The first-order valence-electron chi connectivity index (χ1n) is 11.0. The molecule has 11 heteroatoms. The number of methoxy groups -OCH3 is 2.